The number of hydrogen-bond donors (Lipinski definition) is 2. The van der Waals surface area contributed by atoms with E-state index in [1.54, 1.807) is 30.3 Å². The quantitative estimate of drug-likeness (QED) is 0.560. The summed E-state index contributed by atoms with van der Waals surface area (Å²) in [4.78, 5) is 25.0. The van der Waals surface area contributed by atoms with Gasteiger partial charge in [-0.05, 0) is 74.4 Å². The molecule has 0 spiro atoms. The third-order valence-corrected chi connectivity index (χ3v) is 4.62. The number of rotatable bonds is 7. The number of ether oxygens (including phenoxy) is 1. The van der Waals surface area contributed by atoms with Crippen LogP contribution < -0.4 is 15.4 Å². The monoisotopic (exact) mass is 402 g/mol. The van der Waals surface area contributed by atoms with Crippen molar-refractivity contribution in [3.63, 3.8) is 0 Å². The Bertz CT molecular complexity index is 1030. The molecular formula is C25H26N2O3. The summed E-state index contributed by atoms with van der Waals surface area (Å²) in [7, 11) is 0. The Morgan fingerprint density at radius 2 is 1.43 bits per heavy atom. The van der Waals surface area contributed by atoms with Crippen molar-refractivity contribution in [1.82, 2.24) is 0 Å². The molecule has 0 aromatic heterocycles. The van der Waals surface area contributed by atoms with Crippen molar-refractivity contribution in [3.05, 3.63) is 89.5 Å². The van der Waals surface area contributed by atoms with Crippen molar-refractivity contribution in [2.45, 2.75) is 33.3 Å². The lowest BCUT2D eigenvalue weighted by atomic mass is 10.1. The van der Waals surface area contributed by atoms with Gasteiger partial charge in [-0.25, -0.2) is 0 Å². The lowest BCUT2D eigenvalue weighted by molar-refractivity contribution is -0.122. The highest BCUT2D eigenvalue weighted by molar-refractivity contribution is 6.04. The van der Waals surface area contributed by atoms with E-state index < -0.39 is 6.10 Å². The van der Waals surface area contributed by atoms with E-state index in [4.69, 9.17) is 4.74 Å². The zero-order chi connectivity index (χ0) is 21.5. The fraction of sp³-hybridized carbons (Fsp3) is 0.200. The highest BCUT2D eigenvalue weighted by Gasteiger charge is 2.18. The summed E-state index contributed by atoms with van der Waals surface area (Å²) in [6.45, 7) is 5.83. The molecule has 0 saturated carbocycles. The second-order valence-corrected chi connectivity index (χ2v) is 7.22. The average molecular weight is 402 g/mol. The molecule has 5 nitrogen and oxygen atoms in total. The smallest absolute Gasteiger partial charge is 0.265 e. The first kappa shape index (κ1) is 21.1. The van der Waals surface area contributed by atoms with Crippen molar-refractivity contribution in [2.75, 3.05) is 10.6 Å². The lowest BCUT2D eigenvalue weighted by Crippen LogP contribution is -2.32. The molecule has 2 amide bonds. The number of hydrogen-bond acceptors (Lipinski definition) is 3. The van der Waals surface area contributed by atoms with E-state index >= 15 is 0 Å². The van der Waals surface area contributed by atoms with Gasteiger partial charge in [0.05, 0.1) is 0 Å². The van der Waals surface area contributed by atoms with Gasteiger partial charge in [0.15, 0.2) is 6.10 Å². The average Bonchev–Trinajstić information content (AvgIpc) is 2.73. The SMILES string of the molecule is CCC(Oc1cccc(C)c1)C(=O)Nc1ccc(NC(=O)c2cccc(C)c2)cc1. The largest absolute Gasteiger partial charge is 0.481 e. The Balaban J connectivity index is 1.60. The molecule has 3 aromatic carbocycles. The topological polar surface area (TPSA) is 67.4 Å². The van der Waals surface area contributed by atoms with Crippen LogP contribution in [-0.2, 0) is 4.79 Å². The van der Waals surface area contributed by atoms with Gasteiger partial charge in [-0.15, -0.1) is 0 Å². The maximum atomic E-state index is 12.6. The molecule has 0 aliphatic heterocycles. The number of carbonyl (C=O) groups excluding carboxylic acids is 2. The van der Waals surface area contributed by atoms with Gasteiger partial charge in [-0.3, -0.25) is 9.59 Å². The third-order valence-electron chi connectivity index (χ3n) is 4.62. The second kappa shape index (κ2) is 9.74. The minimum absolute atomic E-state index is 0.173. The zero-order valence-corrected chi connectivity index (χ0v) is 17.4. The van der Waals surface area contributed by atoms with Crippen LogP contribution in [0.3, 0.4) is 0 Å². The molecule has 0 fully saturated rings. The van der Waals surface area contributed by atoms with Gasteiger partial charge in [-0.2, -0.15) is 0 Å². The van der Waals surface area contributed by atoms with E-state index in [2.05, 4.69) is 10.6 Å². The van der Waals surface area contributed by atoms with Crippen molar-refractivity contribution >= 4 is 23.2 Å². The predicted octanol–water partition coefficient (Wildman–Crippen LogP) is 5.35. The van der Waals surface area contributed by atoms with Crippen LogP contribution in [-0.4, -0.2) is 17.9 Å². The normalized spacial score (nSPS) is 11.4. The summed E-state index contributed by atoms with van der Waals surface area (Å²) >= 11 is 0. The van der Waals surface area contributed by atoms with Crippen LogP contribution in [0.5, 0.6) is 5.75 Å². The number of benzene rings is 3. The predicted molar refractivity (Wildman–Crippen MR) is 120 cm³/mol. The van der Waals surface area contributed by atoms with E-state index in [1.807, 2.05) is 63.2 Å². The van der Waals surface area contributed by atoms with Crippen LogP contribution >= 0.6 is 0 Å². The standard InChI is InChI=1S/C25H26N2O3/c1-4-23(30-22-10-6-8-18(3)16-22)25(29)27-21-13-11-20(12-14-21)26-24(28)19-9-5-7-17(2)15-19/h5-16,23H,4H2,1-3H3,(H,26,28)(H,27,29). The number of amides is 2. The van der Waals surface area contributed by atoms with E-state index in [0.717, 1.165) is 11.1 Å². The molecule has 2 N–H and O–H groups in total. The molecule has 0 saturated heterocycles. The van der Waals surface area contributed by atoms with E-state index in [0.29, 0.717) is 29.1 Å². The molecule has 3 rings (SSSR count). The molecule has 0 bridgehead atoms. The van der Waals surface area contributed by atoms with Crippen molar-refractivity contribution < 1.29 is 14.3 Å². The zero-order valence-electron chi connectivity index (χ0n) is 17.4. The second-order valence-electron chi connectivity index (χ2n) is 7.22. The Morgan fingerprint density at radius 1 is 0.833 bits per heavy atom. The number of anilines is 2. The molecular weight excluding hydrogens is 376 g/mol. The van der Waals surface area contributed by atoms with Crippen molar-refractivity contribution in [2.24, 2.45) is 0 Å². The molecule has 5 heteroatoms. The minimum Gasteiger partial charge on any atom is -0.481 e. The Morgan fingerprint density at radius 3 is 2.03 bits per heavy atom. The first-order valence-corrected chi connectivity index (χ1v) is 9.97. The van der Waals surface area contributed by atoms with Crippen molar-refractivity contribution in [1.29, 1.82) is 0 Å². The van der Waals surface area contributed by atoms with Crippen LogP contribution in [0.1, 0.15) is 34.8 Å². The molecule has 30 heavy (non-hydrogen) atoms. The summed E-state index contributed by atoms with van der Waals surface area (Å²) in [6, 6.07) is 22.1. The highest BCUT2D eigenvalue weighted by Crippen LogP contribution is 2.18. The van der Waals surface area contributed by atoms with Crippen molar-refractivity contribution in [3.8, 4) is 5.75 Å². The van der Waals surface area contributed by atoms with Crippen LogP contribution in [0.2, 0.25) is 0 Å². The molecule has 1 atom stereocenters. The van der Waals surface area contributed by atoms with Gasteiger partial charge >= 0.3 is 0 Å². The Kier molecular flexibility index (Phi) is 6.86. The van der Waals surface area contributed by atoms with Crippen LogP contribution in [0.15, 0.2) is 72.8 Å². The van der Waals surface area contributed by atoms with E-state index in [-0.39, 0.29) is 11.8 Å². The summed E-state index contributed by atoms with van der Waals surface area (Å²) < 4.78 is 5.84. The van der Waals surface area contributed by atoms with Gasteiger partial charge in [-0.1, -0.05) is 36.8 Å². The summed E-state index contributed by atoms with van der Waals surface area (Å²) in [5, 5.41) is 5.73. The molecule has 3 aromatic rings. The van der Waals surface area contributed by atoms with E-state index in [1.165, 1.54) is 0 Å². The number of aryl methyl sites for hydroxylation is 2. The van der Waals surface area contributed by atoms with E-state index in [9.17, 15) is 9.59 Å². The fourth-order valence-electron chi connectivity index (χ4n) is 3.02. The fourth-order valence-corrected chi connectivity index (χ4v) is 3.02. The molecule has 0 radical (unpaired) electrons. The maximum Gasteiger partial charge on any atom is 0.265 e. The maximum absolute atomic E-state index is 12.6. The first-order chi connectivity index (χ1) is 14.4. The van der Waals surface area contributed by atoms with Gasteiger partial charge in [0, 0.05) is 16.9 Å². The molecule has 0 aliphatic rings. The van der Waals surface area contributed by atoms with Crippen LogP contribution in [0, 0.1) is 13.8 Å². The summed E-state index contributed by atoms with van der Waals surface area (Å²) in [6.07, 6.45) is -0.0442. The van der Waals surface area contributed by atoms with Gasteiger partial charge < -0.3 is 15.4 Å². The third kappa shape index (κ3) is 5.70. The molecule has 1 unspecified atom stereocenters. The first-order valence-electron chi connectivity index (χ1n) is 9.97. The Hall–Kier alpha value is -3.60. The number of carbonyl (C=O) groups is 2. The molecule has 0 aliphatic carbocycles. The van der Waals surface area contributed by atoms with Crippen LogP contribution in [0.25, 0.3) is 0 Å². The Labute approximate surface area is 177 Å². The van der Waals surface area contributed by atoms with Gasteiger partial charge in [0.2, 0.25) is 0 Å². The molecule has 154 valence electrons. The lowest BCUT2D eigenvalue weighted by Gasteiger charge is -2.17. The summed E-state index contributed by atoms with van der Waals surface area (Å²) in [5.74, 6) is 0.287. The minimum atomic E-state index is -0.590. The van der Waals surface area contributed by atoms with Crippen LogP contribution in [0.4, 0.5) is 11.4 Å². The van der Waals surface area contributed by atoms with Gasteiger partial charge in [0.25, 0.3) is 11.8 Å². The van der Waals surface area contributed by atoms with Gasteiger partial charge in [0.1, 0.15) is 5.75 Å². The molecule has 0 heterocycles. The summed E-state index contributed by atoms with van der Waals surface area (Å²) in [5.41, 5.74) is 4.00. The number of nitrogens with one attached hydrogen (secondary N) is 2. The highest BCUT2D eigenvalue weighted by atomic mass is 16.5.